The zero-order valence-electron chi connectivity index (χ0n) is 9.79. The van der Waals surface area contributed by atoms with Gasteiger partial charge in [-0.25, -0.2) is 0 Å². The van der Waals surface area contributed by atoms with E-state index in [-0.39, 0.29) is 23.1 Å². The molecule has 0 amide bonds. The molecule has 1 aliphatic rings. The Morgan fingerprint density at radius 1 is 1.56 bits per heavy atom. The lowest BCUT2D eigenvalue weighted by Gasteiger charge is -2.11. The monoisotopic (exact) mass is 255 g/mol. The summed E-state index contributed by atoms with van der Waals surface area (Å²) in [5, 5.41) is 19.9. The average Bonchev–Trinajstić information content (AvgIpc) is 3.19. The van der Waals surface area contributed by atoms with Crippen molar-refractivity contribution < 1.29 is 24.2 Å². The third kappa shape index (κ3) is 2.69. The predicted molar refractivity (Wildman–Crippen MR) is 60.8 cm³/mol. The minimum atomic E-state index is -0.564. The molecule has 1 unspecified atom stereocenters. The highest BCUT2D eigenvalue weighted by molar-refractivity contribution is 5.54. The van der Waals surface area contributed by atoms with Crippen molar-refractivity contribution >= 4 is 5.69 Å². The standard InChI is InChI=1S/C11H13NO6/c1-16-10-2-7(4-13)9(12(14)15)3-11(10)18-6-8-5-17-8/h2-3,8,13H,4-6H2,1H3. The molecule has 0 aromatic heterocycles. The van der Waals surface area contributed by atoms with Crippen molar-refractivity contribution in [1.29, 1.82) is 0 Å². The summed E-state index contributed by atoms with van der Waals surface area (Å²) >= 11 is 0. The molecule has 0 spiro atoms. The number of rotatable bonds is 6. The van der Waals surface area contributed by atoms with Crippen LogP contribution in [0.5, 0.6) is 11.5 Å². The Morgan fingerprint density at radius 2 is 2.28 bits per heavy atom. The number of aliphatic hydroxyl groups excluding tert-OH is 1. The zero-order chi connectivity index (χ0) is 13.1. The fraction of sp³-hybridized carbons (Fsp3) is 0.455. The van der Waals surface area contributed by atoms with Crippen molar-refractivity contribution in [2.45, 2.75) is 12.7 Å². The van der Waals surface area contributed by atoms with Gasteiger partial charge in [0.05, 0.1) is 36.9 Å². The van der Waals surface area contributed by atoms with Crippen molar-refractivity contribution in [3.8, 4) is 11.5 Å². The number of ether oxygens (including phenoxy) is 3. The molecule has 1 N–H and O–H groups in total. The van der Waals surface area contributed by atoms with Crippen LogP contribution < -0.4 is 9.47 Å². The van der Waals surface area contributed by atoms with Crippen molar-refractivity contribution in [2.75, 3.05) is 20.3 Å². The van der Waals surface area contributed by atoms with Crippen molar-refractivity contribution in [3.05, 3.63) is 27.8 Å². The molecule has 1 fully saturated rings. The topological polar surface area (TPSA) is 94.4 Å². The molecule has 0 bridgehead atoms. The lowest BCUT2D eigenvalue weighted by molar-refractivity contribution is -0.385. The number of nitro groups is 1. The smallest absolute Gasteiger partial charge is 0.278 e. The van der Waals surface area contributed by atoms with Crippen molar-refractivity contribution in [3.63, 3.8) is 0 Å². The average molecular weight is 255 g/mol. The SMILES string of the molecule is COc1cc(CO)c([N+](=O)[O-])cc1OCC1CO1. The molecule has 7 heteroatoms. The summed E-state index contributed by atoms with van der Waals surface area (Å²) in [6, 6.07) is 2.66. The predicted octanol–water partition coefficient (Wildman–Crippen LogP) is 0.873. The number of hydrogen-bond acceptors (Lipinski definition) is 6. The molecular formula is C11H13NO6. The van der Waals surface area contributed by atoms with Gasteiger partial charge in [0.2, 0.25) is 0 Å². The van der Waals surface area contributed by atoms with Crippen LogP contribution in [0, 0.1) is 10.1 Å². The van der Waals surface area contributed by atoms with Gasteiger partial charge in [0.1, 0.15) is 12.7 Å². The van der Waals surface area contributed by atoms with Crippen molar-refractivity contribution in [1.82, 2.24) is 0 Å². The van der Waals surface area contributed by atoms with Crippen LogP contribution in [0.4, 0.5) is 5.69 Å². The Labute approximate surface area is 103 Å². The lowest BCUT2D eigenvalue weighted by atomic mass is 10.1. The van der Waals surface area contributed by atoms with Crippen LogP contribution in [0.3, 0.4) is 0 Å². The highest BCUT2D eigenvalue weighted by Crippen LogP contribution is 2.35. The first-order valence-electron chi connectivity index (χ1n) is 5.36. The molecule has 1 atom stereocenters. The molecule has 1 aromatic rings. The number of nitrogens with zero attached hydrogens (tertiary/aromatic N) is 1. The van der Waals surface area contributed by atoms with Gasteiger partial charge in [-0.1, -0.05) is 0 Å². The summed E-state index contributed by atoms with van der Waals surface area (Å²) in [5.74, 6) is 0.627. The van der Waals surface area contributed by atoms with Gasteiger partial charge < -0.3 is 19.3 Å². The first kappa shape index (κ1) is 12.6. The highest BCUT2D eigenvalue weighted by atomic mass is 16.6. The van der Waals surface area contributed by atoms with E-state index in [1.807, 2.05) is 0 Å². The number of aliphatic hydroxyl groups is 1. The lowest BCUT2D eigenvalue weighted by Crippen LogP contribution is -2.06. The highest BCUT2D eigenvalue weighted by Gasteiger charge is 2.25. The van der Waals surface area contributed by atoms with Crippen LogP contribution in [0.25, 0.3) is 0 Å². The van der Waals surface area contributed by atoms with Gasteiger partial charge in [0.25, 0.3) is 5.69 Å². The minimum absolute atomic E-state index is 0.0475. The molecule has 98 valence electrons. The molecule has 1 saturated heterocycles. The van der Waals surface area contributed by atoms with Gasteiger partial charge in [0, 0.05) is 0 Å². The number of benzene rings is 1. The first-order valence-corrected chi connectivity index (χ1v) is 5.36. The maximum Gasteiger partial charge on any atom is 0.278 e. The van der Waals surface area contributed by atoms with Gasteiger partial charge in [-0.15, -0.1) is 0 Å². The maximum absolute atomic E-state index is 10.9. The van der Waals surface area contributed by atoms with E-state index in [0.29, 0.717) is 19.0 Å². The Bertz CT molecular complexity index is 457. The van der Waals surface area contributed by atoms with Gasteiger partial charge in [-0.3, -0.25) is 10.1 Å². The van der Waals surface area contributed by atoms with Gasteiger partial charge in [0.15, 0.2) is 11.5 Å². The zero-order valence-corrected chi connectivity index (χ0v) is 9.79. The molecule has 0 radical (unpaired) electrons. The maximum atomic E-state index is 10.9. The van der Waals surface area contributed by atoms with Gasteiger partial charge >= 0.3 is 0 Å². The third-order valence-electron chi connectivity index (χ3n) is 2.56. The fourth-order valence-electron chi connectivity index (χ4n) is 1.51. The van der Waals surface area contributed by atoms with Crippen LogP contribution >= 0.6 is 0 Å². The molecule has 2 rings (SSSR count). The quantitative estimate of drug-likeness (QED) is 0.460. The van der Waals surface area contributed by atoms with Gasteiger partial charge in [-0.05, 0) is 6.07 Å². The van der Waals surface area contributed by atoms with Crippen LogP contribution in [0.2, 0.25) is 0 Å². The minimum Gasteiger partial charge on any atom is -0.493 e. The van der Waals surface area contributed by atoms with E-state index in [9.17, 15) is 10.1 Å². The molecule has 1 aromatic carbocycles. The van der Waals surface area contributed by atoms with Gasteiger partial charge in [-0.2, -0.15) is 0 Å². The largest absolute Gasteiger partial charge is 0.493 e. The van der Waals surface area contributed by atoms with E-state index in [1.165, 1.54) is 19.2 Å². The third-order valence-corrected chi connectivity index (χ3v) is 2.56. The van der Waals surface area contributed by atoms with Crippen molar-refractivity contribution in [2.24, 2.45) is 0 Å². The van der Waals surface area contributed by atoms with E-state index in [0.717, 1.165) is 0 Å². The van der Waals surface area contributed by atoms with E-state index < -0.39 is 11.5 Å². The molecule has 18 heavy (non-hydrogen) atoms. The Hall–Kier alpha value is -1.86. The Kier molecular flexibility index (Phi) is 3.63. The Balaban J connectivity index is 2.29. The second-order valence-corrected chi connectivity index (χ2v) is 3.81. The summed E-state index contributed by atoms with van der Waals surface area (Å²) in [6.07, 6.45) is 0.0475. The second-order valence-electron chi connectivity index (χ2n) is 3.81. The normalized spacial score (nSPS) is 17.3. The van der Waals surface area contributed by atoms with E-state index in [4.69, 9.17) is 19.3 Å². The van der Waals surface area contributed by atoms with Crippen LogP contribution in [-0.4, -0.2) is 36.5 Å². The summed E-state index contributed by atoms with van der Waals surface area (Å²) in [7, 11) is 1.43. The van der Waals surface area contributed by atoms with Crippen LogP contribution in [0.15, 0.2) is 12.1 Å². The number of epoxide rings is 1. The van der Waals surface area contributed by atoms with E-state index in [2.05, 4.69) is 0 Å². The molecule has 0 saturated carbocycles. The summed E-state index contributed by atoms with van der Waals surface area (Å²) in [4.78, 5) is 10.3. The van der Waals surface area contributed by atoms with Crippen LogP contribution in [0.1, 0.15) is 5.56 Å². The summed E-state index contributed by atoms with van der Waals surface area (Å²) in [6.45, 7) is 0.532. The van der Waals surface area contributed by atoms with E-state index >= 15 is 0 Å². The first-order chi connectivity index (χ1) is 8.65. The summed E-state index contributed by atoms with van der Waals surface area (Å²) in [5.41, 5.74) is -0.00288. The second kappa shape index (κ2) is 5.19. The molecular weight excluding hydrogens is 242 g/mol. The molecule has 0 aliphatic carbocycles. The van der Waals surface area contributed by atoms with Crippen LogP contribution in [-0.2, 0) is 11.3 Å². The molecule has 7 nitrogen and oxygen atoms in total. The number of methoxy groups -OCH3 is 1. The molecule has 1 heterocycles. The fourth-order valence-corrected chi connectivity index (χ4v) is 1.51. The Morgan fingerprint density at radius 3 is 2.78 bits per heavy atom. The molecule has 1 aliphatic heterocycles. The number of hydrogen-bond donors (Lipinski definition) is 1. The summed E-state index contributed by atoms with van der Waals surface area (Å²) < 4.78 is 15.5. The van der Waals surface area contributed by atoms with E-state index in [1.54, 1.807) is 0 Å². The number of nitro benzene ring substituents is 1.